The van der Waals surface area contributed by atoms with Gasteiger partial charge in [0.25, 0.3) is 5.91 Å². The van der Waals surface area contributed by atoms with Crippen LogP contribution in [0.15, 0.2) is 60.8 Å². The summed E-state index contributed by atoms with van der Waals surface area (Å²) < 4.78 is 15.1. The number of rotatable bonds is 4. The Bertz CT molecular complexity index is 1290. The van der Waals surface area contributed by atoms with Crippen molar-refractivity contribution >= 4 is 22.6 Å². The molecule has 1 fully saturated rings. The van der Waals surface area contributed by atoms with E-state index in [0.717, 1.165) is 28.0 Å². The highest BCUT2D eigenvalue weighted by Crippen LogP contribution is 2.23. The van der Waals surface area contributed by atoms with Gasteiger partial charge < -0.3 is 9.80 Å². The topological polar surface area (TPSA) is 54.3 Å². The van der Waals surface area contributed by atoms with Crippen LogP contribution in [-0.2, 0) is 6.54 Å². The number of anilines is 1. The molecule has 0 N–H and O–H groups in total. The first-order chi connectivity index (χ1) is 16.0. The minimum Gasteiger partial charge on any atom is -0.368 e. The fourth-order valence-electron chi connectivity index (χ4n) is 4.32. The Morgan fingerprint density at radius 1 is 0.970 bits per heavy atom. The van der Waals surface area contributed by atoms with Crippen molar-refractivity contribution in [2.75, 3.05) is 31.1 Å². The number of piperazine rings is 1. The van der Waals surface area contributed by atoms with Gasteiger partial charge in [-0.1, -0.05) is 29.8 Å². The van der Waals surface area contributed by atoms with Crippen LogP contribution in [0.25, 0.3) is 11.0 Å². The summed E-state index contributed by atoms with van der Waals surface area (Å²) in [5.41, 5.74) is 5.49. The van der Waals surface area contributed by atoms with Crippen molar-refractivity contribution in [3.63, 3.8) is 0 Å². The first-order valence-electron chi connectivity index (χ1n) is 11.2. The number of fused-ring (bicyclic) bond motifs is 1. The van der Waals surface area contributed by atoms with Gasteiger partial charge in [-0.25, -0.2) is 14.1 Å². The number of hydrogen-bond acceptors (Lipinski definition) is 4. The number of aromatic nitrogens is 3. The fourth-order valence-corrected chi connectivity index (χ4v) is 4.32. The van der Waals surface area contributed by atoms with Crippen molar-refractivity contribution in [3.05, 3.63) is 89.0 Å². The van der Waals surface area contributed by atoms with Gasteiger partial charge in [-0.3, -0.25) is 4.79 Å². The predicted molar refractivity (Wildman–Crippen MR) is 127 cm³/mol. The van der Waals surface area contributed by atoms with Crippen LogP contribution < -0.4 is 4.90 Å². The molecule has 2 aromatic heterocycles. The number of amides is 1. The lowest BCUT2D eigenvalue weighted by Crippen LogP contribution is -2.48. The molecule has 0 bridgehead atoms. The molecule has 0 unspecified atom stereocenters. The lowest BCUT2D eigenvalue weighted by molar-refractivity contribution is 0.0748. The van der Waals surface area contributed by atoms with Crippen molar-refractivity contribution < 1.29 is 9.18 Å². The Labute approximate surface area is 192 Å². The Kier molecular flexibility index (Phi) is 5.54. The van der Waals surface area contributed by atoms with E-state index in [0.29, 0.717) is 38.3 Å². The largest absolute Gasteiger partial charge is 0.368 e. The second-order valence-electron chi connectivity index (χ2n) is 8.59. The zero-order valence-corrected chi connectivity index (χ0v) is 18.8. The standard InChI is InChI=1S/C26H26FN5O/c1-18-3-5-20(6-4-18)17-32-25-24(16-28-32)23(15-19(2)29-25)26(33)31-13-11-30(12-14-31)22-9-7-21(27)8-10-22/h3-10,15-16H,11-14,17H2,1-2H3. The average Bonchev–Trinajstić information content (AvgIpc) is 3.22. The van der Waals surface area contributed by atoms with Gasteiger partial charge in [-0.15, -0.1) is 0 Å². The van der Waals surface area contributed by atoms with Gasteiger partial charge in [0, 0.05) is 37.6 Å². The molecule has 1 amide bonds. The van der Waals surface area contributed by atoms with Crippen LogP contribution in [0.2, 0.25) is 0 Å². The average molecular weight is 444 g/mol. The second-order valence-corrected chi connectivity index (χ2v) is 8.59. The van der Waals surface area contributed by atoms with Crippen molar-refractivity contribution in [2.45, 2.75) is 20.4 Å². The highest BCUT2D eigenvalue weighted by atomic mass is 19.1. The molecular formula is C26H26FN5O. The van der Waals surface area contributed by atoms with E-state index < -0.39 is 0 Å². The smallest absolute Gasteiger partial charge is 0.254 e. The molecule has 0 aliphatic carbocycles. The zero-order chi connectivity index (χ0) is 22.9. The molecule has 0 spiro atoms. The maximum Gasteiger partial charge on any atom is 0.254 e. The molecule has 0 atom stereocenters. The number of hydrogen-bond donors (Lipinski definition) is 0. The molecule has 1 saturated heterocycles. The Morgan fingerprint density at radius 3 is 2.36 bits per heavy atom. The third-order valence-corrected chi connectivity index (χ3v) is 6.18. The molecule has 4 aromatic rings. The van der Waals surface area contributed by atoms with Gasteiger partial charge in [0.1, 0.15) is 5.82 Å². The lowest BCUT2D eigenvalue weighted by Gasteiger charge is -2.36. The van der Waals surface area contributed by atoms with Crippen molar-refractivity contribution in [1.29, 1.82) is 0 Å². The zero-order valence-electron chi connectivity index (χ0n) is 18.8. The molecule has 1 aliphatic heterocycles. The van der Waals surface area contributed by atoms with E-state index in [1.165, 1.54) is 17.7 Å². The van der Waals surface area contributed by atoms with E-state index in [4.69, 9.17) is 0 Å². The lowest BCUT2D eigenvalue weighted by atomic mass is 10.1. The van der Waals surface area contributed by atoms with E-state index in [2.05, 4.69) is 46.2 Å². The minimum absolute atomic E-state index is 0.000794. The summed E-state index contributed by atoms with van der Waals surface area (Å²) in [4.78, 5) is 22.2. The normalized spacial score (nSPS) is 14.2. The van der Waals surface area contributed by atoms with Crippen molar-refractivity contribution in [2.24, 2.45) is 0 Å². The molecule has 0 saturated carbocycles. The summed E-state index contributed by atoms with van der Waals surface area (Å²) in [6, 6.07) is 16.7. The molecule has 5 rings (SSSR count). The first-order valence-corrected chi connectivity index (χ1v) is 11.2. The number of aryl methyl sites for hydroxylation is 2. The van der Waals surface area contributed by atoms with Gasteiger partial charge in [-0.2, -0.15) is 5.10 Å². The number of pyridine rings is 1. The SMILES string of the molecule is Cc1ccc(Cn2ncc3c(C(=O)N4CCN(c5ccc(F)cc5)CC4)cc(C)nc32)cc1. The van der Waals surface area contributed by atoms with Crippen LogP contribution in [0.3, 0.4) is 0 Å². The highest BCUT2D eigenvalue weighted by molar-refractivity contribution is 6.05. The van der Waals surface area contributed by atoms with Crippen LogP contribution in [0.5, 0.6) is 0 Å². The summed E-state index contributed by atoms with van der Waals surface area (Å²) in [7, 11) is 0. The highest BCUT2D eigenvalue weighted by Gasteiger charge is 2.25. The van der Waals surface area contributed by atoms with E-state index in [-0.39, 0.29) is 11.7 Å². The van der Waals surface area contributed by atoms with Crippen LogP contribution in [-0.4, -0.2) is 51.8 Å². The van der Waals surface area contributed by atoms with E-state index in [9.17, 15) is 9.18 Å². The Hall–Kier alpha value is -3.74. The fraction of sp³-hybridized carbons (Fsp3) is 0.269. The van der Waals surface area contributed by atoms with Gasteiger partial charge >= 0.3 is 0 Å². The summed E-state index contributed by atoms with van der Waals surface area (Å²) in [5.74, 6) is -0.244. The van der Waals surface area contributed by atoms with E-state index in [1.807, 2.05) is 22.6 Å². The number of benzene rings is 2. The quantitative estimate of drug-likeness (QED) is 0.475. The van der Waals surface area contributed by atoms with Crippen LogP contribution in [0, 0.1) is 19.7 Å². The number of nitrogens with zero attached hydrogens (tertiary/aromatic N) is 5. The molecule has 168 valence electrons. The number of carbonyl (C=O) groups excluding carboxylic acids is 1. The minimum atomic E-state index is -0.243. The summed E-state index contributed by atoms with van der Waals surface area (Å²) in [6.07, 6.45) is 1.75. The van der Waals surface area contributed by atoms with E-state index in [1.54, 1.807) is 18.3 Å². The van der Waals surface area contributed by atoms with E-state index >= 15 is 0 Å². The predicted octanol–water partition coefficient (Wildman–Crippen LogP) is 4.20. The second kappa shape index (κ2) is 8.65. The Balaban J connectivity index is 1.36. The van der Waals surface area contributed by atoms with Gasteiger partial charge in [-0.05, 0) is 49.7 Å². The maximum absolute atomic E-state index is 13.5. The molecule has 0 radical (unpaired) electrons. The molecule has 6 nitrogen and oxygen atoms in total. The van der Waals surface area contributed by atoms with Gasteiger partial charge in [0.05, 0.1) is 23.7 Å². The summed E-state index contributed by atoms with van der Waals surface area (Å²) >= 11 is 0. The first kappa shape index (κ1) is 21.1. The van der Waals surface area contributed by atoms with Crippen LogP contribution >= 0.6 is 0 Å². The summed E-state index contributed by atoms with van der Waals surface area (Å²) in [6.45, 7) is 7.20. The van der Waals surface area contributed by atoms with Crippen molar-refractivity contribution in [3.8, 4) is 0 Å². The molecule has 2 aromatic carbocycles. The number of carbonyl (C=O) groups is 1. The third-order valence-electron chi connectivity index (χ3n) is 6.18. The molecule has 33 heavy (non-hydrogen) atoms. The number of halogens is 1. The maximum atomic E-state index is 13.5. The molecule has 1 aliphatic rings. The summed E-state index contributed by atoms with van der Waals surface area (Å²) in [5, 5.41) is 5.32. The van der Waals surface area contributed by atoms with Gasteiger partial charge in [0.2, 0.25) is 0 Å². The van der Waals surface area contributed by atoms with Crippen molar-refractivity contribution in [1.82, 2.24) is 19.7 Å². The molecule has 3 heterocycles. The Morgan fingerprint density at radius 2 is 1.67 bits per heavy atom. The monoisotopic (exact) mass is 443 g/mol. The molecular weight excluding hydrogens is 417 g/mol. The molecule has 7 heteroatoms. The third kappa shape index (κ3) is 4.31. The van der Waals surface area contributed by atoms with Crippen LogP contribution in [0.4, 0.5) is 10.1 Å². The van der Waals surface area contributed by atoms with Gasteiger partial charge in [0.15, 0.2) is 5.65 Å². The van der Waals surface area contributed by atoms with Crippen LogP contribution in [0.1, 0.15) is 27.2 Å².